The molecule has 1 aromatic rings. The van der Waals surface area contributed by atoms with E-state index in [1.807, 2.05) is 0 Å². The van der Waals surface area contributed by atoms with Crippen LogP contribution in [0, 0.1) is 0 Å². The highest BCUT2D eigenvalue weighted by Gasteiger charge is 2.32. The lowest BCUT2D eigenvalue weighted by Gasteiger charge is -2.29. The van der Waals surface area contributed by atoms with Gasteiger partial charge in [-0.3, -0.25) is 4.79 Å². The molecule has 0 spiro atoms. The van der Waals surface area contributed by atoms with E-state index in [4.69, 9.17) is 14.2 Å². The van der Waals surface area contributed by atoms with E-state index in [0.717, 1.165) is 0 Å². The number of ketones is 1. The first-order chi connectivity index (χ1) is 9.52. The number of aromatic hydroxyl groups is 1. The molecule has 1 saturated heterocycles. The summed E-state index contributed by atoms with van der Waals surface area (Å²) in [7, 11) is 1.38. The molecule has 110 valence electrons. The molecule has 1 heterocycles. The Kier molecular flexibility index (Phi) is 4.56. The lowest BCUT2D eigenvalue weighted by molar-refractivity contribution is -0.233. The second-order valence-electron chi connectivity index (χ2n) is 4.40. The molecule has 0 radical (unpaired) electrons. The van der Waals surface area contributed by atoms with Gasteiger partial charge in [0.05, 0.1) is 7.11 Å². The van der Waals surface area contributed by atoms with Crippen molar-refractivity contribution in [2.45, 2.75) is 18.5 Å². The maximum Gasteiger partial charge on any atom is 0.187 e. The maximum atomic E-state index is 11.0. The molecule has 0 amide bonds. The Balaban J connectivity index is 2.09. The summed E-state index contributed by atoms with van der Waals surface area (Å²) in [6.07, 6.45) is -3.75. The fourth-order valence-corrected chi connectivity index (χ4v) is 1.86. The molecule has 2 atom stereocenters. The summed E-state index contributed by atoms with van der Waals surface area (Å²) in [5.74, 6) is -0.127. The molecule has 7 nitrogen and oxygen atoms in total. The first-order valence-electron chi connectivity index (χ1n) is 6.01. The Morgan fingerprint density at radius 2 is 1.95 bits per heavy atom. The number of carbonyl (C=O) groups excluding carboxylic acids is 1. The molecular formula is C13H16O7. The molecule has 0 bridgehead atoms. The normalized spacial score (nSPS) is 19.6. The molecule has 2 unspecified atom stereocenters. The van der Waals surface area contributed by atoms with Gasteiger partial charge in [-0.15, -0.1) is 0 Å². The topological polar surface area (TPSA) is 105 Å². The summed E-state index contributed by atoms with van der Waals surface area (Å²) < 4.78 is 15.0. The number of ether oxygens (including phenoxy) is 3. The average molecular weight is 284 g/mol. The van der Waals surface area contributed by atoms with Crippen molar-refractivity contribution in [3.05, 3.63) is 23.8 Å². The van der Waals surface area contributed by atoms with Crippen LogP contribution in [0.2, 0.25) is 0 Å². The van der Waals surface area contributed by atoms with Crippen LogP contribution in [0.4, 0.5) is 0 Å². The van der Waals surface area contributed by atoms with E-state index in [1.54, 1.807) is 0 Å². The molecule has 1 fully saturated rings. The number of hydrogen-bond acceptors (Lipinski definition) is 7. The van der Waals surface area contributed by atoms with Gasteiger partial charge in [-0.25, -0.2) is 0 Å². The van der Waals surface area contributed by atoms with Gasteiger partial charge in [0.2, 0.25) is 0 Å². The number of aliphatic hydroxyl groups is 2. The van der Waals surface area contributed by atoms with Gasteiger partial charge in [-0.1, -0.05) is 6.07 Å². The molecule has 1 aliphatic heterocycles. The van der Waals surface area contributed by atoms with E-state index in [9.17, 15) is 20.1 Å². The number of rotatable bonds is 4. The maximum absolute atomic E-state index is 11.0. The zero-order valence-electron chi connectivity index (χ0n) is 10.9. The van der Waals surface area contributed by atoms with Crippen molar-refractivity contribution < 1.29 is 34.3 Å². The second-order valence-corrected chi connectivity index (χ2v) is 4.40. The molecule has 2 rings (SSSR count). The predicted octanol–water partition coefficient (Wildman–Crippen LogP) is -0.263. The third-order valence-corrected chi connectivity index (χ3v) is 2.96. The van der Waals surface area contributed by atoms with Crippen LogP contribution < -0.4 is 4.74 Å². The smallest absolute Gasteiger partial charge is 0.187 e. The van der Waals surface area contributed by atoms with Gasteiger partial charge < -0.3 is 29.5 Å². The van der Waals surface area contributed by atoms with Gasteiger partial charge in [0, 0.05) is 0 Å². The first-order valence-corrected chi connectivity index (χ1v) is 6.01. The molecule has 3 N–H and O–H groups in total. The standard InChI is InChI=1S/C13H16O7/c1-18-10-4-7(2-3-9(10)15)11(16)12(17)13-19-5-8(14)6-20-13/h2-4,11-13,15-17H,5-6H2,1H3. The van der Waals surface area contributed by atoms with E-state index in [0.29, 0.717) is 5.56 Å². The van der Waals surface area contributed by atoms with Gasteiger partial charge in [0.15, 0.2) is 23.6 Å². The average Bonchev–Trinajstić information content (AvgIpc) is 2.47. The number of hydrogen-bond donors (Lipinski definition) is 3. The Hall–Kier alpha value is -1.67. The fourth-order valence-electron chi connectivity index (χ4n) is 1.86. The summed E-state index contributed by atoms with van der Waals surface area (Å²) in [4.78, 5) is 11.0. The van der Waals surface area contributed by atoms with Crippen LogP contribution >= 0.6 is 0 Å². The van der Waals surface area contributed by atoms with Crippen LogP contribution in [-0.2, 0) is 14.3 Å². The first kappa shape index (κ1) is 14.7. The zero-order chi connectivity index (χ0) is 14.7. The van der Waals surface area contributed by atoms with E-state index in [1.165, 1.54) is 25.3 Å². The monoisotopic (exact) mass is 284 g/mol. The number of phenolic OH excluding ortho intramolecular Hbond substituents is 1. The van der Waals surface area contributed by atoms with E-state index < -0.39 is 18.5 Å². The van der Waals surface area contributed by atoms with E-state index in [-0.39, 0.29) is 30.5 Å². The van der Waals surface area contributed by atoms with Gasteiger partial charge >= 0.3 is 0 Å². The summed E-state index contributed by atoms with van der Waals surface area (Å²) in [5, 5.41) is 29.6. The Morgan fingerprint density at radius 3 is 2.55 bits per heavy atom. The summed E-state index contributed by atoms with van der Waals surface area (Å²) in [6.45, 7) is -0.319. The van der Waals surface area contributed by atoms with Crippen LogP contribution in [0.3, 0.4) is 0 Å². The van der Waals surface area contributed by atoms with Gasteiger partial charge in [0.1, 0.15) is 25.4 Å². The minimum Gasteiger partial charge on any atom is -0.504 e. The third kappa shape index (κ3) is 3.07. The van der Waals surface area contributed by atoms with Crippen molar-refractivity contribution in [2.75, 3.05) is 20.3 Å². The summed E-state index contributed by atoms with van der Waals surface area (Å²) in [5.41, 5.74) is 0.330. The molecule has 1 aromatic carbocycles. The van der Waals surface area contributed by atoms with Crippen LogP contribution in [0.25, 0.3) is 0 Å². The number of phenols is 1. The Morgan fingerprint density at radius 1 is 1.30 bits per heavy atom. The predicted molar refractivity (Wildman–Crippen MR) is 66.3 cm³/mol. The summed E-state index contributed by atoms with van der Waals surface area (Å²) in [6, 6.07) is 4.19. The summed E-state index contributed by atoms with van der Waals surface area (Å²) >= 11 is 0. The molecule has 7 heteroatoms. The van der Waals surface area contributed by atoms with Crippen molar-refractivity contribution in [1.29, 1.82) is 0 Å². The zero-order valence-corrected chi connectivity index (χ0v) is 10.9. The van der Waals surface area contributed by atoms with E-state index >= 15 is 0 Å². The van der Waals surface area contributed by atoms with E-state index in [2.05, 4.69) is 0 Å². The molecule has 0 aliphatic carbocycles. The largest absolute Gasteiger partial charge is 0.504 e. The third-order valence-electron chi connectivity index (χ3n) is 2.96. The quantitative estimate of drug-likeness (QED) is 0.699. The fraction of sp³-hybridized carbons (Fsp3) is 0.462. The van der Waals surface area contributed by atoms with Gasteiger partial charge in [-0.05, 0) is 17.7 Å². The Labute approximate surface area is 115 Å². The van der Waals surface area contributed by atoms with Crippen molar-refractivity contribution in [3.8, 4) is 11.5 Å². The number of benzene rings is 1. The molecular weight excluding hydrogens is 268 g/mol. The number of aliphatic hydroxyl groups excluding tert-OH is 2. The lowest BCUT2D eigenvalue weighted by atomic mass is 10.0. The van der Waals surface area contributed by atoms with Crippen LogP contribution in [-0.4, -0.2) is 53.8 Å². The van der Waals surface area contributed by atoms with Crippen LogP contribution in [0.1, 0.15) is 11.7 Å². The minimum absolute atomic E-state index is 0.0753. The van der Waals surface area contributed by atoms with Crippen molar-refractivity contribution in [1.82, 2.24) is 0 Å². The lowest BCUT2D eigenvalue weighted by Crippen LogP contribution is -2.42. The highest BCUT2D eigenvalue weighted by atomic mass is 16.7. The molecule has 0 aromatic heterocycles. The van der Waals surface area contributed by atoms with Crippen molar-refractivity contribution in [3.63, 3.8) is 0 Å². The molecule has 20 heavy (non-hydrogen) atoms. The highest BCUT2D eigenvalue weighted by Crippen LogP contribution is 2.31. The second kappa shape index (κ2) is 6.19. The molecule has 1 aliphatic rings. The van der Waals surface area contributed by atoms with Crippen molar-refractivity contribution >= 4 is 5.78 Å². The number of Topliss-reactive ketones (excluding diaryl/α,β-unsaturated/α-hetero) is 1. The van der Waals surface area contributed by atoms with Gasteiger partial charge in [0.25, 0.3) is 0 Å². The highest BCUT2D eigenvalue weighted by molar-refractivity contribution is 5.81. The number of methoxy groups -OCH3 is 1. The van der Waals surface area contributed by atoms with Crippen LogP contribution in [0.15, 0.2) is 18.2 Å². The van der Waals surface area contributed by atoms with Crippen LogP contribution in [0.5, 0.6) is 11.5 Å². The van der Waals surface area contributed by atoms with Gasteiger partial charge in [-0.2, -0.15) is 0 Å². The SMILES string of the molecule is COc1cc(C(O)C(O)C2OCC(=O)CO2)ccc1O. The molecule has 0 saturated carbocycles. The van der Waals surface area contributed by atoms with Crippen molar-refractivity contribution in [2.24, 2.45) is 0 Å². The minimum atomic E-state index is -1.36. The Bertz CT molecular complexity index is 478. The number of carbonyl (C=O) groups is 1.